The lowest BCUT2D eigenvalue weighted by Crippen LogP contribution is -2.36. The Bertz CT molecular complexity index is 950. The van der Waals surface area contributed by atoms with E-state index in [4.69, 9.17) is 4.74 Å². The van der Waals surface area contributed by atoms with Crippen LogP contribution >= 0.6 is 11.3 Å². The fourth-order valence-electron chi connectivity index (χ4n) is 2.92. The Labute approximate surface area is 163 Å². The van der Waals surface area contributed by atoms with Crippen molar-refractivity contribution in [2.24, 2.45) is 0 Å². The number of aryl methyl sites for hydroxylation is 1. The lowest BCUT2D eigenvalue weighted by molar-refractivity contribution is -0.126. The highest BCUT2D eigenvalue weighted by molar-refractivity contribution is 7.91. The maximum atomic E-state index is 12.4. The molecule has 0 spiro atoms. The fourth-order valence-corrected chi connectivity index (χ4v) is 5.29. The third kappa shape index (κ3) is 5.17. The fraction of sp³-hybridized carbons (Fsp3) is 0.368. The second-order valence-electron chi connectivity index (χ2n) is 6.52. The summed E-state index contributed by atoms with van der Waals surface area (Å²) in [6, 6.07) is 7.20. The summed E-state index contributed by atoms with van der Waals surface area (Å²) in [5.74, 6) is 0.627. The standard InChI is InChI=1S/C19H22N2O4S2/c1-14-20-16(12-26-14)11-25-18-6-4-3-5-15(18)7-8-19(22)21(2)17-9-10-27(23,24)13-17/h3-8,12,17H,9-11,13H2,1-2H3/b8-7+. The second-order valence-corrected chi connectivity index (χ2v) is 9.81. The minimum absolute atomic E-state index is 0.0375. The maximum Gasteiger partial charge on any atom is 0.246 e. The molecule has 2 heterocycles. The van der Waals surface area contributed by atoms with E-state index in [1.54, 1.807) is 24.5 Å². The van der Waals surface area contributed by atoms with Crippen molar-refractivity contribution in [3.05, 3.63) is 52.0 Å². The van der Waals surface area contributed by atoms with Crippen molar-refractivity contribution in [1.29, 1.82) is 0 Å². The summed E-state index contributed by atoms with van der Waals surface area (Å²) in [4.78, 5) is 18.3. The summed E-state index contributed by atoms with van der Waals surface area (Å²) >= 11 is 1.57. The van der Waals surface area contributed by atoms with Crippen molar-refractivity contribution < 1.29 is 17.9 Å². The average Bonchev–Trinajstić information content (AvgIpc) is 3.22. The molecule has 8 heteroatoms. The number of carbonyl (C=O) groups is 1. The van der Waals surface area contributed by atoms with E-state index >= 15 is 0 Å². The van der Waals surface area contributed by atoms with Crippen LogP contribution in [0.2, 0.25) is 0 Å². The number of aromatic nitrogens is 1. The molecule has 0 aliphatic carbocycles. The van der Waals surface area contributed by atoms with Crippen LogP contribution in [0, 0.1) is 6.92 Å². The van der Waals surface area contributed by atoms with Crippen molar-refractivity contribution >= 4 is 33.2 Å². The molecule has 1 atom stereocenters. The highest BCUT2D eigenvalue weighted by atomic mass is 32.2. The predicted molar refractivity (Wildman–Crippen MR) is 106 cm³/mol. The molecule has 1 fully saturated rings. The van der Waals surface area contributed by atoms with Crippen molar-refractivity contribution in [3.8, 4) is 5.75 Å². The van der Waals surface area contributed by atoms with Crippen LogP contribution in [0.15, 0.2) is 35.7 Å². The molecule has 0 bridgehead atoms. The first kappa shape index (κ1) is 19.6. The summed E-state index contributed by atoms with van der Waals surface area (Å²) in [5, 5.41) is 2.95. The van der Waals surface area contributed by atoms with E-state index in [0.717, 1.165) is 16.3 Å². The number of sulfone groups is 1. The number of likely N-dealkylation sites (N-methyl/N-ethyl adjacent to an activating group) is 1. The summed E-state index contributed by atoms with van der Waals surface area (Å²) < 4.78 is 29.1. The Morgan fingerprint density at radius 2 is 2.19 bits per heavy atom. The molecule has 1 aromatic heterocycles. The molecular formula is C19H22N2O4S2. The molecule has 1 aromatic carbocycles. The van der Waals surface area contributed by atoms with Gasteiger partial charge in [0.1, 0.15) is 12.4 Å². The van der Waals surface area contributed by atoms with Gasteiger partial charge in [0.25, 0.3) is 0 Å². The lowest BCUT2D eigenvalue weighted by atomic mass is 10.1. The molecule has 27 heavy (non-hydrogen) atoms. The van der Waals surface area contributed by atoms with Gasteiger partial charge in [0.05, 0.1) is 22.2 Å². The van der Waals surface area contributed by atoms with Gasteiger partial charge in [-0.25, -0.2) is 13.4 Å². The molecule has 0 saturated carbocycles. The average molecular weight is 407 g/mol. The number of carbonyl (C=O) groups excluding carboxylic acids is 1. The van der Waals surface area contributed by atoms with Crippen molar-refractivity contribution in [2.45, 2.75) is 26.0 Å². The number of rotatable bonds is 6. The van der Waals surface area contributed by atoms with Crippen molar-refractivity contribution in [1.82, 2.24) is 9.88 Å². The quantitative estimate of drug-likeness (QED) is 0.690. The van der Waals surface area contributed by atoms with E-state index in [2.05, 4.69) is 4.98 Å². The third-order valence-electron chi connectivity index (χ3n) is 4.47. The molecule has 1 aliphatic heterocycles. The van der Waals surface area contributed by atoms with Crippen LogP contribution in [0.1, 0.15) is 22.7 Å². The van der Waals surface area contributed by atoms with Crippen LogP contribution in [0.4, 0.5) is 0 Å². The Morgan fingerprint density at radius 1 is 1.41 bits per heavy atom. The molecule has 2 aromatic rings. The topological polar surface area (TPSA) is 76.6 Å². The van der Waals surface area contributed by atoms with E-state index in [9.17, 15) is 13.2 Å². The van der Waals surface area contributed by atoms with Crippen LogP contribution in [-0.4, -0.2) is 48.8 Å². The van der Waals surface area contributed by atoms with Crippen LogP contribution in [0.5, 0.6) is 5.75 Å². The van der Waals surface area contributed by atoms with Gasteiger partial charge in [0.15, 0.2) is 9.84 Å². The number of hydrogen-bond donors (Lipinski definition) is 0. The normalized spacial score (nSPS) is 18.7. The van der Waals surface area contributed by atoms with E-state index in [1.165, 1.54) is 11.0 Å². The smallest absolute Gasteiger partial charge is 0.246 e. The minimum atomic E-state index is -3.02. The van der Waals surface area contributed by atoms with Crippen LogP contribution < -0.4 is 4.74 Å². The zero-order chi connectivity index (χ0) is 19.4. The lowest BCUT2D eigenvalue weighted by Gasteiger charge is -2.21. The van der Waals surface area contributed by atoms with Crippen molar-refractivity contribution in [2.75, 3.05) is 18.6 Å². The van der Waals surface area contributed by atoms with Gasteiger partial charge in [-0.1, -0.05) is 18.2 Å². The summed E-state index contributed by atoms with van der Waals surface area (Å²) in [7, 11) is -1.38. The SMILES string of the molecule is Cc1nc(COc2ccccc2/C=C/C(=O)N(C)C2CCS(=O)(=O)C2)cs1. The molecule has 0 N–H and O–H groups in total. The third-order valence-corrected chi connectivity index (χ3v) is 7.04. The Balaban J connectivity index is 1.65. The second kappa shape index (κ2) is 8.22. The first-order valence-electron chi connectivity index (χ1n) is 8.62. The zero-order valence-electron chi connectivity index (χ0n) is 15.3. The first-order valence-corrected chi connectivity index (χ1v) is 11.3. The van der Waals surface area contributed by atoms with Crippen LogP contribution in [0.25, 0.3) is 6.08 Å². The molecule has 1 aliphatic rings. The number of amides is 1. The van der Waals surface area contributed by atoms with Crippen LogP contribution in [0.3, 0.4) is 0 Å². The number of hydrogen-bond acceptors (Lipinski definition) is 6. The predicted octanol–water partition coefficient (Wildman–Crippen LogP) is 2.69. The summed E-state index contributed by atoms with van der Waals surface area (Å²) in [5.41, 5.74) is 1.65. The molecule has 3 rings (SSSR count). The largest absolute Gasteiger partial charge is 0.487 e. The van der Waals surface area contributed by atoms with E-state index in [1.807, 2.05) is 36.6 Å². The van der Waals surface area contributed by atoms with Gasteiger partial charge < -0.3 is 9.64 Å². The van der Waals surface area contributed by atoms with Gasteiger partial charge in [-0.05, 0) is 25.5 Å². The number of nitrogens with zero attached hydrogens (tertiary/aromatic N) is 2. The Morgan fingerprint density at radius 3 is 2.85 bits per heavy atom. The summed E-state index contributed by atoms with van der Waals surface area (Å²) in [6.45, 7) is 2.31. The van der Waals surface area contributed by atoms with Gasteiger partial charge in [-0.15, -0.1) is 11.3 Å². The number of para-hydroxylation sites is 1. The highest BCUT2D eigenvalue weighted by Gasteiger charge is 2.32. The molecular weight excluding hydrogens is 384 g/mol. The summed E-state index contributed by atoms with van der Waals surface area (Å²) in [6.07, 6.45) is 3.65. The molecule has 1 saturated heterocycles. The van der Waals surface area contributed by atoms with Gasteiger partial charge in [0, 0.05) is 30.1 Å². The highest BCUT2D eigenvalue weighted by Crippen LogP contribution is 2.22. The molecule has 144 valence electrons. The number of ether oxygens (including phenoxy) is 1. The van der Waals surface area contributed by atoms with Crippen LogP contribution in [-0.2, 0) is 21.2 Å². The maximum absolute atomic E-state index is 12.4. The van der Waals surface area contributed by atoms with Gasteiger partial charge in [0.2, 0.25) is 5.91 Å². The Kier molecular flexibility index (Phi) is 5.96. The van der Waals surface area contributed by atoms with E-state index in [-0.39, 0.29) is 23.5 Å². The van der Waals surface area contributed by atoms with Gasteiger partial charge >= 0.3 is 0 Å². The van der Waals surface area contributed by atoms with Gasteiger partial charge in [-0.2, -0.15) is 0 Å². The minimum Gasteiger partial charge on any atom is -0.487 e. The number of benzene rings is 1. The van der Waals surface area contributed by atoms with Crippen molar-refractivity contribution in [3.63, 3.8) is 0 Å². The first-order chi connectivity index (χ1) is 12.8. The Hall–Kier alpha value is -2.19. The zero-order valence-corrected chi connectivity index (χ0v) is 16.9. The molecule has 6 nitrogen and oxygen atoms in total. The van der Waals surface area contributed by atoms with E-state index < -0.39 is 9.84 Å². The van der Waals surface area contributed by atoms with E-state index in [0.29, 0.717) is 18.8 Å². The molecule has 1 amide bonds. The van der Waals surface area contributed by atoms with Gasteiger partial charge in [-0.3, -0.25) is 4.79 Å². The molecule has 1 unspecified atom stereocenters. The number of thiazole rings is 1. The monoisotopic (exact) mass is 406 g/mol. The molecule has 0 radical (unpaired) electrons.